The maximum absolute atomic E-state index is 13.7. The average molecular weight is 621 g/mol. The molecule has 0 aromatic heterocycles. The second-order valence-electron chi connectivity index (χ2n) is 9.01. The van der Waals surface area contributed by atoms with E-state index >= 15 is 0 Å². The van der Waals surface area contributed by atoms with E-state index in [2.05, 4.69) is 10.0 Å². The summed E-state index contributed by atoms with van der Waals surface area (Å²) < 4.78 is 9.15. The summed E-state index contributed by atoms with van der Waals surface area (Å²) in [5, 5.41) is 2.53. The minimum Gasteiger partial charge on any atom is -0.457 e. The normalized spacial score (nSPS) is 16.1. The number of carbonyl (C=O) groups excluding carboxylic acids is 3. The van der Waals surface area contributed by atoms with E-state index in [0.717, 1.165) is 33.7 Å². The Bertz CT molecular complexity index is 1730. The van der Waals surface area contributed by atoms with Gasteiger partial charge in [-0.05, 0) is 96.0 Å². The monoisotopic (exact) mass is 619 g/mol. The number of carbonyl (C=O) groups is 3. The van der Waals surface area contributed by atoms with E-state index < -0.39 is 11.1 Å². The number of amides is 3. The van der Waals surface area contributed by atoms with E-state index in [1.54, 1.807) is 23.1 Å². The average Bonchev–Trinajstić information content (AvgIpc) is 3.44. The molecule has 11 heteroatoms. The molecule has 1 fully saturated rings. The van der Waals surface area contributed by atoms with Crippen molar-refractivity contribution in [1.29, 1.82) is 0 Å². The summed E-state index contributed by atoms with van der Waals surface area (Å²) in [5.74, 6) is 0.509. The van der Waals surface area contributed by atoms with Gasteiger partial charge in [0.2, 0.25) is 0 Å². The molecule has 4 aromatic rings. The quantitative estimate of drug-likeness (QED) is 0.159. The number of nitrogens with zero attached hydrogens (tertiary/aromatic N) is 1. The molecular formula is C30H19Cl2N3O4S2. The predicted molar refractivity (Wildman–Crippen MR) is 165 cm³/mol. The van der Waals surface area contributed by atoms with Crippen LogP contribution < -0.4 is 19.7 Å². The van der Waals surface area contributed by atoms with Crippen molar-refractivity contribution in [3.63, 3.8) is 0 Å². The second kappa shape index (κ2) is 11.5. The van der Waals surface area contributed by atoms with Crippen LogP contribution in [0.1, 0.15) is 11.1 Å². The highest BCUT2D eigenvalue weighted by Gasteiger charge is 2.40. The van der Waals surface area contributed by atoms with Gasteiger partial charge in [0, 0.05) is 16.1 Å². The molecule has 0 radical (unpaired) electrons. The molecular weight excluding hydrogens is 601 g/mol. The van der Waals surface area contributed by atoms with Gasteiger partial charge in [-0.3, -0.25) is 19.7 Å². The lowest BCUT2D eigenvalue weighted by molar-refractivity contribution is -0.116. The minimum absolute atomic E-state index is 0.0852. The summed E-state index contributed by atoms with van der Waals surface area (Å²) in [6, 6.07) is 27.8. The van der Waals surface area contributed by atoms with Crippen molar-refractivity contribution in [2.75, 3.05) is 9.62 Å². The van der Waals surface area contributed by atoms with Gasteiger partial charge in [-0.1, -0.05) is 47.5 Å². The first-order valence-electron chi connectivity index (χ1n) is 12.3. The molecule has 204 valence electrons. The summed E-state index contributed by atoms with van der Waals surface area (Å²) in [7, 11) is 0. The molecule has 0 atom stereocenters. The van der Waals surface area contributed by atoms with Gasteiger partial charge in [0.15, 0.2) is 0 Å². The number of ether oxygens (including phenoxy) is 1. The molecule has 1 saturated heterocycles. The zero-order valence-electron chi connectivity index (χ0n) is 21.0. The van der Waals surface area contributed by atoms with Crippen LogP contribution in [0.4, 0.5) is 16.2 Å². The van der Waals surface area contributed by atoms with Crippen LogP contribution in [0.25, 0.3) is 5.57 Å². The van der Waals surface area contributed by atoms with Crippen molar-refractivity contribution in [3.05, 3.63) is 117 Å². The zero-order chi connectivity index (χ0) is 28.5. The Hall–Kier alpha value is -3.89. The third-order valence-electron chi connectivity index (χ3n) is 6.28. The maximum Gasteiger partial charge on any atom is 0.290 e. The first-order valence-corrected chi connectivity index (χ1v) is 14.7. The fourth-order valence-electron chi connectivity index (χ4n) is 4.38. The highest BCUT2D eigenvalue weighted by Crippen LogP contribution is 2.45. The minimum atomic E-state index is -0.584. The molecule has 0 spiro atoms. The van der Waals surface area contributed by atoms with Crippen molar-refractivity contribution < 1.29 is 19.1 Å². The van der Waals surface area contributed by atoms with Crippen LogP contribution in [-0.4, -0.2) is 17.1 Å². The van der Waals surface area contributed by atoms with Crippen molar-refractivity contribution in [2.45, 2.75) is 11.4 Å². The third-order valence-corrected chi connectivity index (χ3v) is 8.72. The number of benzene rings is 4. The zero-order valence-corrected chi connectivity index (χ0v) is 24.2. The lowest BCUT2D eigenvalue weighted by atomic mass is 10.1. The summed E-state index contributed by atoms with van der Waals surface area (Å²) in [5.41, 5.74) is 3.01. The van der Waals surface area contributed by atoms with E-state index in [4.69, 9.17) is 27.9 Å². The molecule has 0 aliphatic carbocycles. The van der Waals surface area contributed by atoms with Gasteiger partial charge in [0.25, 0.3) is 17.1 Å². The number of nitrogens with one attached hydrogen (secondary N) is 2. The number of para-hydroxylation sites is 1. The van der Waals surface area contributed by atoms with Crippen molar-refractivity contribution in [2.24, 2.45) is 0 Å². The Balaban J connectivity index is 1.25. The van der Waals surface area contributed by atoms with Gasteiger partial charge < -0.3 is 14.4 Å². The molecule has 2 heterocycles. The predicted octanol–water partition coefficient (Wildman–Crippen LogP) is 8.15. The molecule has 0 bridgehead atoms. The van der Waals surface area contributed by atoms with Crippen LogP contribution >= 0.6 is 46.9 Å². The first-order chi connectivity index (χ1) is 19.9. The number of thioether (sulfide) groups is 1. The standard InChI is InChI=1S/C30H19Cl2N3O4S2/c31-23-12-6-17(14-24(23)32)16-35-25-13-11-21(15-22(25)26(29(35)37)27-28(36)33-30(38)40-27)41-34-18-7-9-20(10-8-18)39-19-4-2-1-3-5-19/h1-15,34H,16H2,(H,33,36,38)/b27-26-. The molecule has 0 unspecified atom stereocenters. The summed E-state index contributed by atoms with van der Waals surface area (Å²) in [4.78, 5) is 40.7. The number of hydrogen-bond acceptors (Lipinski definition) is 7. The van der Waals surface area contributed by atoms with Crippen LogP contribution in [0, 0.1) is 0 Å². The smallest absolute Gasteiger partial charge is 0.290 e. The molecule has 6 rings (SSSR count). The van der Waals surface area contributed by atoms with E-state index in [0.29, 0.717) is 27.0 Å². The fraction of sp³-hybridized carbons (Fsp3) is 0.0333. The summed E-state index contributed by atoms with van der Waals surface area (Å²) in [6.07, 6.45) is 0. The Labute approximate surface area is 254 Å². The largest absolute Gasteiger partial charge is 0.457 e. The maximum atomic E-state index is 13.7. The molecule has 3 amide bonds. The highest BCUT2D eigenvalue weighted by molar-refractivity contribution is 8.18. The number of hydrogen-bond donors (Lipinski definition) is 2. The molecule has 41 heavy (non-hydrogen) atoms. The lowest BCUT2D eigenvalue weighted by Crippen LogP contribution is -2.26. The van der Waals surface area contributed by atoms with E-state index in [9.17, 15) is 14.4 Å². The number of imide groups is 1. The Morgan fingerprint density at radius 1 is 0.854 bits per heavy atom. The Morgan fingerprint density at radius 2 is 1.61 bits per heavy atom. The van der Waals surface area contributed by atoms with Crippen LogP contribution in [-0.2, 0) is 16.1 Å². The van der Waals surface area contributed by atoms with Gasteiger partial charge in [0.05, 0.1) is 32.8 Å². The number of rotatable bonds is 7. The third kappa shape index (κ3) is 5.80. The number of fused-ring (bicyclic) bond motifs is 1. The molecule has 2 N–H and O–H groups in total. The number of halogens is 2. The van der Waals surface area contributed by atoms with Crippen molar-refractivity contribution in [3.8, 4) is 11.5 Å². The van der Waals surface area contributed by atoms with E-state index in [1.807, 2.05) is 72.8 Å². The van der Waals surface area contributed by atoms with Crippen molar-refractivity contribution >= 4 is 80.9 Å². The second-order valence-corrected chi connectivity index (χ2v) is 11.7. The highest BCUT2D eigenvalue weighted by atomic mass is 35.5. The van der Waals surface area contributed by atoms with E-state index in [-0.39, 0.29) is 22.9 Å². The van der Waals surface area contributed by atoms with E-state index in [1.165, 1.54) is 11.9 Å². The van der Waals surface area contributed by atoms with Crippen LogP contribution in [0.3, 0.4) is 0 Å². The van der Waals surface area contributed by atoms with Gasteiger partial charge in [0.1, 0.15) is 11.5 Å². The number of anilines is 2. The molecule has 0 saturated carbocycles. The van der Waals surface area contributed by atoms with Gasteiger partial charge in [-0.2, -0.15) is 0 Å². The molecule has 4 aromatic carbocycles. The van der Waals surface area contributed by atoms with Crippen LogP contribution in [0.15, 0.2) is 101 Å². The lowest BCUT2D eigenvalue weighted by Gasteiger charge is -2.18. The summed E-state index contributed by atoms with van der Waals surface area (Å²) >= 11 is 14.3. The molecule has 2 aliphatic heterocycles. The first kappa shape index (κ1) is 27.3. The SMILES string of the molecule is O=C1NC(=O)/C(=C2/C(=O)N(Cc3ccc(Cl)c(Cl)c3)c3ccc(SNc4ccc(Oc5ccccc5)cc4)cc32)S1. The Kier molecular flexibility index (Phi) is 7.68. The Morgan fingerprint density at radius 3 is 2.32 bits per heavy atom. The molecule has 2 aliphatic rings. The van der Waals surface area contributed by atoms with Crippen molar-refractivity contribution in [1.82, 2.24) is 5.32 Å². The summed E-state index contributed by atoms with van der Waals surface area (Å²) in [6.45, 7) is 0.210. The van der Waals surface area contributed by atoms with Crippen LogP contribution in [0.5, 0.6) is 11.5 Å². The van der Waals surface area contributed by atoms with Gasteiger partial charge in [-0.15, -0.1) is 0 Å². The van der Waals surface area contributed by atoms with Gasteiger partial charge in [-0.25, -0.2) is 0 Å². The molecule has 7 nitrogen and oxygen atoms in total. The fourth-order valence-corrected chi connectivity index (χ4v) is 6.16. The van der Waals surface area contributed by atoms with Gasteiger partial charge >= 0.3 is 0 Å². The van der Waals surface area contributed by atoms with Crippen LogP contribution in [0.2, 0.25) is 10.0 Å². The topological polar surface area (TPSA) is 87.7 Å².